The van der Waals surface area contributed by atoms with Gasteiger partial charge in [0, 0.05) is 19.3 Å². The first-order chi connectivity index (χ1) is 26.9. The maximum Gasteiger partial charge on any atom is 0.397 e. The molecule has 0 aliphatic heterocycles. The lowest BCUT2D eigenvalue weighted by molar-refractivity contribution is -0.00466. The molecule has 3 aromatic rings. The topological polar surface area (TPSA) is 127 Å². The molecular weight excluding hydrogens is 738 g/mol. The largest absolute Gasteiger partial charge is 0.425 e. The molecule has 306 valence electrons. The minimum Gasteiger partial charge on any atom is -0.425 e. The van der Waals surface area contributed by atoms with Crippen LogP contribution in [-0.2, 0) is 38.1 Å². The number of benzene rings is 2. The van der Waals surface area contributed by atoms with Gasteiger partial charge in [0.25, 0.3) is 0 Å². The van der Waals surface area contributed by atoms with Crippen LogP contribution >= 0.6 is 20.2 Å². The number of aryl methyl sites for hydroxylation is 1. The summed E-state index contributed by atoms with van der Waals surface area (Å²) in [6.45, 7) is 3.18. The zero-order chi connectivity index (χ0) is 39.5. The first-order valence-corrected chi connectivity index (χ1v) is 21.8. The molecular formula is C43H65ClFN4O5P. The summed E-state index contributed by atoms with van der Waals surface area (Å²) < 4.78 is 46.6. The molecule has 0 spiro atoms. The molecule has 3 atom stereocenters. The maximum atomic E-state index is 14.2. The summed E-state index contributed by atoms with van der Waals surface area (Å²) in [4.78, 5) is 0. The van der Waals surface area contributed by atoms with Gasteiger partial charge < -0.3 is 25.6 Å². The van der Waals surface area contributed by atoms with Crippen LogP contribution in [0.25, 0.3) is 0 Å². The van der Waals surface area contributed by atoms with Crippen LogP contribution in [-0.4, -0.2) is 37.2 Å². The van der Waals surface area contributed by atoms with Crippen molar-refractivity contribution in [3.05, 3.63) is 88.0 Å². The monoisotopic (exact) mass is 802 g/mol. The van der Waals surface area contributed by atoms with Crippen molar-refractivity contribution in [2.24, 2.45) is 5.73 Å². The summed E-state index contributed by atoms with van der Waals surface area (Å²) in [5.74, 6) is 6.17. The number of hydrogen-bond acceptors (Lipinski definition) is 8. The van der Waals surface area contributed by atoms with Crippen molar-refractivity contribution in [2.45, 2.75) is 148 Å². The molecule has 1 heterocycles. The number of halogens is 2. The van der Waals surface area contributed by atoms with E-state index in [1.807, 2.05) is 30.3 Å². The van der Waals surface area contributed by atoms with Gasteiger partial charge in [0.05, 0.1) is 54.4 Å². The minimum atomic E-state index is -1.90. The van der Waals surface area contributed by atoms with Crippen LogP contribution in [0.4, 0.5) is 4.39 Å². The molecule has 3 unspecified atom stereocenters. The van der Waals surface area contributed by atoms with Gasteiger partial charge in [0.2, 0.25) is 0 Å². The Labute approximate surface area is 336 Å². The third-order valence-electron chi connectivity index (χ3n) is 9.80. The number of rotatable bonds is 32. The fourth-order valence-electron chi connectivity index (χ4n) is 6.43. The Morgan fingerprint density at radius 3 is 1.98 bits per heavy atom. The van der Waals surface area contributed by atoms with E-state index in [4.69, 9.17) is 46.2 Å². The van der Waals surface area contributed by atoms with E-state index in [0.29, 0.717) is 35.7 Å². The lowest BCUT2D eigenvalue weighted by Crippen LogP contribution is -2.23. The molecule has 0 saturated heterocycles. The van der Waals surface area contributed by atoms with Crippen molar-refractivity contribution >= 4 is 20.2 Å². The van der Waals surface area contributed by atoms with E-state index in [1.54, 1.807) is 30.0 Å². The fraction of sp³-hybridized carbons (Fsp3) is 0.605. The van der Waals surface area contributed by atoms with Gasteiger partial charge in [-0.25, -0.2) is 4.39 Å². The number of hydrogen-bond donors (Lipinski definition) is 2. The van der Waals surface area contributed by atoms with Gasteiger partial charge in [-0.15, -0.1) is 0 Å². The van der Waals surface area contributed by atoms with Crippen LogP contribution in [0.15, 0.2) is 54.6 Å². The van der Waals surface area contributed by atoms with Gasteiger partial charge >= 0.3 is 8.60 Å². The second-order valence-electron chi connectivity index (χ2n) is 14.3. The van der Waals surface area contributed by atoms with Gasteiger partial charge in [-0.2, -0.15) is 5.26 Å². The van der Waals surface area contributed by atoms with E-state index in [1.165, 1.54) is 95.6 Å². The Morgan fingerprint density at radius 1 is 0.800 bits per heavy atom. The van der Waals surface area contributed by atoms with Crippen LogP contribution in [0.2, 0.25) is 5.02 Å². The summed E-state index contributed by atoms with van der Waals surface area (Å²) >= 11 is 6.45. The molecule has 0 amide bonds. The number of nitrogen functional groups attached to an aromatic ring is 1. The average molecular weight is 803 g/mol. The Hall–Kier alpha value is -2.74. The zero-order valence-electron chi connectivity index (χ0n) is 33.2. The van der Waals surface area contributed by atoms with Crippen molar-refractivity contribution in [3.8, 4) is 11.8 Å². The van der Waals surface area contributed by atoms with Gasteiger partial charge in [0.1, 0.15) is 11.6 Å². The summed E-state index contributed by atoms with van der Waals surface area (Å²) in [5.41, 5.74) is 8.44. The third kappa shape index (κ3) is 19.3. The first kappa shape index (κ1) is 46.6. The number of para-hydroxylation sites is 1. The molecule has 3 rings (SSSR count). The molecule has 1 aromatic heterocycles. The summed E-state index contributed by atoms with van der Waals surface area (Å²) in [6.07, 6.45) is 20.8. The molecule has 55 heavy (non-hydrogen) atoms. The molecule has 12 heteroatoms. The standard InChI is InChI=1S/C43H65ClFN4O5P/c1-3-4-5-6-7-8-9-10-11-12-13-14-15-16-17-20-41(51-32-36-27-35(30-46)28-37(45)29-36)34-53-55(54-43-22-19-18-21-42(43)44)52-33-40(50-2)26-25-38-23-24-39(31-47)49(38)48/h18-19,21-24,27-29,40-41H,3-17,20,25-26,31-34,47-48H2,1-2H3. The van der Waals surface area contributed by atoms with E-state index in [0.717, 1.165) is 30.7 Å². The normalized spacial score (nSPS) is 13.1. The van der Waals surface area contributed by atoms with Crippen molar-refractivity contribution in [3.63, 3.8) is 0 Å². The SMILES string of the molecule is CCCCCCCCCCCCCCCCCC(COP(OCC(CCc1ccc(CN)n1N)OC)Oc1ccccc1Cl)OCc1cc(F)cc(C#N)c1. The first-order valence-electron chi connectivity index (χ1n) is 20.3. The molecule has 4 N–H and O–H groups in total. The number of ether oxygens (including phenoxy) is 2. The van der Waals surface area contributed by atoms with E-state index >= 15 is 0 Å². The zero-order valence-corrected chi connectivity index (χ0v) is 34.9. The molecule has 9 nitrogen and oxygen atoms in total. The van der Waals surface area contributed by atoms with E-state index in [9.17, 15) is 9.65 Å². The number of aromatic nitrogens is 1. The summed E-state index contributed by atoms with van der Waals surface area (Å²) in [7, 11) is -0.261. The smallest absolute Gasteiger partial charge is 0.397 e. The molecule has 0 aliphatic rings. The molecule has 0 bridgehead atoms. The quantitative estimate of drug-likeness (QED) is 0.0363. The van der Waals surface area contributed by atoms with Crippen molar-refractivity contribution in [1.29, 1.82) is 5.26 Å². The summed E-state index contributed by atoms with van der Waals surface area (Å²) in [5, 5.41) is 9.78. The molecule has 0 aliphatic carbocycles. The highest BCUT2D eigenvalue weighted by Gasteiger charge is 2.23. The predicted molar refractivity (Wildman–Crippen MR) is 222 cm³/mol. The average Bonchev–Trinajstić information content (AvgIpc) is 3.55. The van der Waals surface area contributed by atoms with Crippen LogP contribution in [0.3, 0.4) is 0 Å². The van der Waals surface area contributed by atoms with E-state index in [2.05, 4.69) is 6.92 Å². The number of unbranched alkanes of at least 4 members (excludes halogenated alkanes) is 14. The molecule has 0 radical (unpaired) electrons. The Balaban J connectivity index is 1.53. The molecule has 0 fully saturated rings. The third-order valence-corrected chi connectivity index (χ3v) is 11.2. The lowest BCUT2D eigenvalue weighted by Gasteiger charge is -2.24. The Kier molecular flexibility index (Phi) is 24.3. The van der Waals surface area contributed by atoms with Gasteiger partial charge in [-0.3, -0.25) is 13.7 Å². The molecule has 2 aromatic carbocycles. The van der Waals surface area contributed by atoms with Crippen molar-refractivity contribution in [2.75, 3.05) is 26.2 Å². The Bertz CT molecular complexity index is 1510. The van der Waals surface area contributed by atoms with Crippen LogP contribution in [0, 0.1) is 17.1 Å². The highest BCUT2D eigenvalue weighted by Crippen LogP contribution is 2.43. The maximum absolute atomic E-state index is 14.2. The van der Waals surface area contributed by atoms with Crippen LogP contribution < -0.4 is 16.1 Å². The van der Waals surface area contributed by atoms with Gasteiger partial charge in [-0.1, -0.05) is 127 Å². The number of nitriles is 1. The van der Waals surface area contributed by atoms with Crippen molar-refractivity contribution < 1.29 is 27.4 Å². The number of nitrogens with two attached hydrogens (primary N) is 2. The van der Waals surface area contributed by atoms with Gasteiger partial charge in [-0.05, 0) is 67.3 Å². The predicted octanol–water partition coefficient (Wildman–Crippen LogP) is 11.5. The van der Waals surface area contributed by atoms with Crippen molar-refractivity contribution in [1.82, 2.24) is 4.68 Å². The summed E-state index contributed by atoms with van der Waals surface area (Å²) in [6, 6.07) is 17.3. The lowest BCUT2D eigenvalue weighted by atomic mass is 10.0. The number of nitrogens with zero attached hydrogens (tertiary/aromatic N) is 2. The van der Waals surface area contributed by atoms with E-state index in [-0.39, 0.29) is 37.6 Å². The second kappa shape index (κ2) is 28.6. The highest BCUT2D eigenvalue weighted by atomic mass is 35.5. The van der Waals surface area contributed by atoms with Crippen LogP contribution in [0.5, 0.6) is 5.75 Å². The molecule has 0 saturated carbocycles. The number of methoxy groups -OCH3 is 1. The Morgan fingerprint density at radius 2 is 1.40 bits per heavy atom. The fourth-order valence-corrected chi connectivity index (χ4v) is 7.74. The van der Waals surface area contributed by atoms with E-state index < -0.39 is 14.4 Å². The second-order valence-corrected chi connectivity index (χ2v) is 15.8. The minimum absolute atomic E-state index is 0.143. The van der Waals surface area contributed by atoms with Gasteiger partial charge in [0.15, 0.2) is 0 Å². The van der Waals surface area contributed by atoms with Crippen LogP contribution in [0.1, 0.15) is 139 Å². The highest BCUT2D eigenvalue weighted by molar-refractivity contribution is 7.42.